The highest BCUT2D eigenvalue weighted by Gasteiger charge is 2.42. The van der Waals surface area contributed by atoms with Crippen LogP contribution in [-0.2, 0) is 4.74 Å². The van der Waals surface area contributed by atoms with Crippen molar-refractivity contribution in [1.29, 1.82) is 0 Å². The normalized spacial score (nSPS) is 22.2. The molecule has 1 aromatic carbocycles. The van der Waals surface area contributed by atoms with E-state index >= 15 is 0 Å². The highest BCUT2D eigenvalue weighted by atomic mass is 32.1. The van der Waals surface area contributed by atoms with Gasteiger partial charge in [-0.25, -0.2) is 4.79 Å². The number of hydrogen-bond acceptors (Lipinski definition) is 4. The lowest BCUT2D eigenvalue weighted by Crippen LogP contribution is -2.36. The third kappa shape index (κ3) is 4.08. The molecule has 0 radical (unpaired) electrons. The molecule has 2 N–H and O–H groups in total. The van der Waals surface area contributed by atoms with E-state index in [1.807, 2.05) is 31.2 Å². The minimum Gasteiger partial charge on any atom is -0.478 e. The molecule has 7 nitrogen and oxygen atoms in total. The largest absolute Gasteiger partial charge is 0.478 e. The summed E-state index contributed by atoms with van der Waals surface area (Å²) in [4.78, 5) is 18.4. The zero-order valence-electron chi connectivity index (χ0n) is 19.3. The van der Waals surface area contributed by atoms with Crippen molar-refractivity contribution in [3.8, 4) is 5.69 Å². The van der Waals surface area contributed by atoms with E-state index in [0.717, 1.165) is 54.3 Å². The molecule has 2 aromatic heterocycles. The first kappa shape index (κ1) is 22.6. The van der Waals surface area contributed by atoms with E-state index in [2.05, 4.69) is 32.8 Å². The van der Waals surface area contributed by atoms with Gasteiger partial charge in [0, 0.05) is 36.4 Å². The fourth-order valence-electron chi connectivity index (χ4n) is 5.21. The molecule has 176 valence electrons. The second-order valence-electron chi connectivity index (χ2n) is 8.93. The summed E-state index contributed by atoms with van der Waals surface area (Å²) < 4.78 is 8.06. The Morgan fingerprint density at radius 1 is 1.24 bits per heavy atom. The molecule has 5 rings (SSSR count). The van der Waals surface area contributed by atoms with Crippen LogP contribution in [0.4, 0.5) is 0 Å². The summed E-state index contributed by atoms with van der Waals surface area (Å²) in [5.74, 6) is -0.937. The smallest absolute Gasteiger partial charge is 0.335 e. The molecule has 0 unspecified atom stereocenters. The summed E-state index contributed by atoms with van der Waals surface area (Å²) in [6.45, 7) is 5.64. The summed E-state index contributed by atoms with van der Waals surface area (Å²) in [7, 11) is 0. The van der Waals surface area contributed by atoms with E-state index < -0.39 is 5.97 Å². The van der Waals surface area contributed by atoms with Gasteiger partial charge in [0.2, 0.25) is 0 Å². The maximum absolute atomic E-state index is 11.6. The van der Waals surface area contributed by atoms with Gasteiger partial charge in [-0.3, -0.25) is 4.98 Å². The van der Waals surface area contributed by atoms with Gasteiger partial charge in [0.1, 0.15) is 0 Å². The number of thiocarbonyl (C=S) groups is 1. The zero-order valence-corrected chi connectivity index (χ0v) is 20.1. The van der Waals surface area contributed by atoms with Crippen LogP contribution >= 0.6 is 12.2 Å². The molecule has 3 atom stereocenters. The average Bonchev–Trinajstić information content (AvgIpc) is 3.53. The van der Waals surface area contributed by atoms with Gasteiger partial charge >= 0.3 is 5.97 Å². The van der Waals surface area contributed by atoms with E-state index in [1.54, 1.807) is 24.4 Å². The standard InChI is InChI=1S/C26H28N4O3S/c1-16-13-21(17(2)30(16)19-8-5-7-18(14-19)25(31)32)24-23(22-10-3-4-11-27-22)28-26(34)29(24)15-20-9-6-12-33-20/h3-5,7-8,10-11,13-14,20,23-24H,6,9,12,15H2,1-2H3,(H,28,34)(H,31,32)/t20-,23-,24+/m0/s1. The van der Waals surface area contributed by atoms with Gasteiger partial charge < -0.3 is 24.6 Å². The Morgan fingerprint density at radius 3 is 2.79 bits per heavy atom. The van der Waals surface area contributed by atoms with E-state index in [4.69, 9.17) is 17.0 Å². The lowest BCUT2D eigenvalue weighted by molar-refractivity contribution is 0.0696. The van der Waals surface area contributed by atoms with Crippen LogP contribution in [0.2, 0.25) is 0 Å². The van der Waals surface area contributed by atoms with Gasteiger partial charge in [0.05, 0.1) is 29.4 Å². The highest BCUT2D eigenvalue weighted by Crippen LogP contribution is 2.42. The Hall–Kier alpha value is -3.23. The molecule has 2 saturated heterocycles. The number of pyridine rings is 1. The van der Waals surface area contributed by atoms with Crippen molar-refractivity contribution in [3.05, 3.63) is 82.9 Å². The SMILES string of the molecule is Cc1cc([C@@H]2[C@H](c3ccccn3)NC(=S)N2C[C@@H]2CCCO2)c(C)n1-c1cccc(C(=O)O)c1. The molecule has 0 spiro atoms. The monoisotopic (exact) mass is 476 g/mol. The fourth-order valence-corrected chi connectivity index (χ4v) is 5.53. The van der Waals surface area contributed by atoms with E-state index in [1.165, 1.54) is 0 Å². The predicted octanol–water partition coefficient (Wildman–Crippen LogP) is 4.34. The van der Waals surface area contributed by atoms with Gasteiger partial charge in [-0.1, -0.05) is 12.1 Å². The number of nitrogens with zero attached hydrogens (tertiary/aromatic N) is 3. The van der Waals surface area contributed by atoms with Crippen molar-refractivity contribution in [2.75, 3.05) is 13.2 Å². The van der Waals surface area contributed by atoms with Crippen LogP contribution in [-0.4, -0.2) is 49.9 Å². The van der Waals surface area contributed by atoms with Crippen LogP contribution in [0.5, 0.6) is 0 Å². The molecule has 0 saturated carbocycles. The third-order valence-corrected chi connectivity index (χ3v) is 7.11. The number of aromatic nitrogens is 2. The fraction of sp³-hybridized carbons (Fsp3) is 0.346. The molecule has 3 aromatic rings. The van der Waals surface area contributed by atoms with Gasteiger partial charge in [-0.15, -0.1) is 0 Å². The molecule has 0 aliphatic carbocycles. The first-order valence-electron chi connectivity index (χ1n) is 11.6. The lowest BCUT2D eigenvalue weighted by atomic mass is 9.96. The first-order valence-corrected chi connectivity index (χ1v) is 12.0. The van der Waals surface area contributed by atoms with Crippen LogP contribution in [0.1, 0.15) is 57.9 Å². The minimum absolute atomic E-state index is 0.0609. The highest BCUT2D eigenvalue weighted by molar-refractivity contribution is 7.80. The van der Waals surface area contributed by atoms with Crippen LogP contribution in [0, 0.1) is 13.8 Å². The maximum atomic E-state index is 11.6. The second-order valence-corrected chi connectivity index (χ2v) is 9.32. The number of aromatic carboxylic acids is 1. The lowest BCUT2D eigenvalue weighted by Gasteiger charge is -2.30. The number of aryl methyl sites for hydroxylation is 1. The van der Waals surface area contributed by atoms with Gasteiger partial charge in [-0.2, -0.15) is 0 Å². The maximum Gasteiger partial charge on any atom is 0.335 e. The van der Waals surface area contributed by atoms with Crippen molar-refractivity contribution in [1.82, 2.24) is 19.8 Å². The Morgan fingerprint density at radius 2 is 2.09 bits per heavy atom. The molecule has 0 bridgehead atoms. The number of carbonyl (C=O) groups is 1. The molecule has 8 heteroatoms. The number of nitrogens with one attached hydrogen (secondary N) is 1. The predicted molar refractivity (Wildman–Crippen MR) is 133 cm³/mol. The molecule has 2 aliphatic rings. The van der Waals surface area contributed by atoms with Crippen LogP contribution in [0.3, 0.4) is 0 Å². The van der Waals surface area contributed by atoms with Crippen molar-refractivity contribution < 1.29 is 14.6 Å². The van der Waals surface area contributed by atoms with E-state index in [-0.39, 0.29) is 23.8 Å². The molecule has 2 fully saturated rings. The summed E-state index contributed by atoms with van der Waals surface area (Å²) in [6, 6.07) is 15.0. The zero-order chi connectivity index (χ0) is 23.8. The summed E-state index contributed by atoms with van der Waals surface area (Å²) in [6.07, 6.45) is 4.06. The molecule has 4 heterocycles. The number of rotatable bonds is 6. The summed E-state index contributed by atoms with van der Waals surface area (Å²) in [5, 5.41) is 13.7. The number of ether oxygens (including phenoxy) is 1. The Labute approximate surface area is 204 Å². The average molecular weight is 477 g/mol. The van der Waals surface area contributed by atoms with Crippen molar-refractivity contribution in [3.63, 3.8) is 0 Å². The van der Waals surface area contributed by atoms with Gasteiger partial charge in [-0.05, 0) is 80.9 Å². The molecule has 34 heavy (non-hydrogen) atoms. The number of carboxylic acids is 1. The molecule has 0 amide bonds. The summed E-state index contributed by atoms with van der Waals surface area (Å²) >= 11 is 5.81. The number of hydrogen-bond donors (Lipinski definition) is 2. The molecular weight excluding hydrogens is 448 g/mol. The Bertz CT molecular complexity index is 1220. The second kappa shape index (κ2) is 9.19. The Balaban J connectivity index is 1.59. The van der Waals surface area contributed by atoms with Gasteiger partial charge in [0.15, 0.2) is 5.11 Å². The van der Waals surface area contributed by atoms with Crippen LogP contribution in [0.15, 0.2) is 54.7 Å². The number of carboxylic acid groups (broad SMARTS) is 1. The minimum atomic E-state index is -0.937. The van der Waals surface area contributed by atoms with Crippen molar-refractivity contribution >= 4 is 23.3 Å². The van der Waals surface area contributed by atoms with E-state index in [9.17, 15) is 9.90 Å². The molecular formula is C26H28N4O3S. The first-order chi connectivity index (χ1) is 16.4. The third-order valence-electron chi connectivity index (χ3n) is 6.76. The van der Waals surface area contributed by atoms with Crippen molar-refractivity contribution in [2.45, 2.75) is 44.9 Å². The summed E-state index contributed by atoms with van der Waals surface area (Å²) in [5.41, 5.74) is 5.25. The molecule has 2 aliphatic heterocycles. The topological polar surface area (TPSA) is 79.6 Å². The van der Waals surface area contributed by atoms with Gasteiger partial charge in [0.25, 0.3) is 0 Å². The number of benzene rings is 1. The van der Waals surface area contributed by atoms with Crippen molar-refractivity contribution in [2.24, 2.45) is 0 Å². The Kier molecular flexibility index (Phi) is 6.10. The van der Waals surface area contributed by atoms with Crippen LogP contribution in [0.25, 0.3) is 5.69 Å². The van der Waals surface area contributed by atoms with E-state index in [0.29, 0.717) is 5.11 Å². The quantitative estimate of drug-likeness (QED) is 0.513. The van der Waals surface area contributed by atoms with Crippen LogP contribution < -0.4 is 5.32 Å².